The van der Waals surface area contributed by atoms with Gasteiger partial charge in [-0.25, -0.2) is 4.98 Å². The number of aliphatic hydroxyl groups excluding tert-OH is 1. The van der Waals surface area contributed by atoms with Crippen molar-refractivity contribution < 1.29 is 5.11 Å². The number of hydrogen-bond donors (Lipinski definition) is 2. The minimum absolute atomic E-state index is 0.112. The Hall–Kier alpha value is -1.44. The van der Waals surface area contributed by atoms with E-state index in [1.807, 2.05) is 37.5 Å². The molecule has 2 rings (SSSR count). The lowest BCUT2D eigenvalue weighted by molar-refractivity contribution is 0.267. The highest BCUT2D eigenvalue weighted by Crippen LogP contribution is 2.18. The topological polar surface area (TPSA) is 66.2 Å². The lowest BCUT2D eigenvalue weighted by Gasteiger charge is -2.06. The summed E-state index contributed by atoms with van der Waals surface area (Å²) in [4.78, 5) is 6.56. The molecule has 6 nitrogen and oxygen atoms in total. The van der Waals surface area contributed by atoms with Crippen LogP contribution in [0.2, 0.25) is 0 Å². The molecule has 0 saturated heterocycles. The van der Waals surface area contributed by atoms with Crippen molar-refractivity contribution in [3.8, 4) is 0 Å². The summed E-state index contributed by atoms with van der Waals surface area (Å²) in [5.74, 6) is 0. The highest BCUT2D eigenvalue weighted by Gasteiger charge is 2.11. The van der Waals surface area contributed by atoms with Gasteiger partial charge in [0.1, 0.15) is 0 Å². The van der Waals surface area contributed by atoms with Gasteiger partial charge < -0.3 is 15.3 Å². The van der Waals surface area contributed by atoms with Crippen LogP contribution < -0.4 is 10.2 Å². The Kier molecular flexibility index (Phi) is 5.33. The zero-order valence-electron chi connectivity index (χ0n) is 13.1. The molecule has 0 unspecified atom stereocenters. The average molecular weight is 309 g/mol. The number of nitrogens with one attached hydrogen (secondary N) is 1. The molecule has 2 heterocycles. The van der Waals surface area contributed by atoms with Gasteiger partial charge in [-0.1, -0.05) is 0 Å². The Labute approximate surface area is 129 Å². The quantitative estimate of drug-likeness (QED) is 0.807. The number of anilines is 1. The number of hydrogen-bond acceptors (Lipinski definition) is 6. The predicted molar refractivity (Wildman–Crippen MR) is 85.8 cm³/mol. The summed E-state index contributed by atoms with van der Waals surface area (Å²) in [5, 5.41) is 20.0. The average Bonchev–Trinajstić information content (AvgIpc) is 3.00. The zero-order valence-corrected chi connectivity index (χ0v) is 13.9. The molecule has 2 aromatic rings. The normalized spacial score (nSPS) is 11.1. The van der Waals surface area contributed by atoms with Gasteiger partial charge in [0.25, 0.3) is 0 Å². The lowest BCUT2D eigenvalue weighted by Crippen LogP contribution is -2.15. The van der Waals surface area contributed by atoms with Crippen LogP contribution in [-0.4, -0.2) is 40.6 Å². The maximum Gasteiger partial charge on any atom is 0.185 e. The fourth-order valence-electron chi connectivity index (χ4n) is 2.20. The summed E-state index contributed by atoms with van der Waals surface area (Å²) in [6.07, 6.45) is 0. The van der Waals surface area contributed by atoms with Crippen LogP contribution in [0.25, 0.3) is 0 Å². The Morgan fingerprint density at radius 1 is 1.33 bits per heavy atom. The molecule has 0 saturated carbocycles. The summed E-state index contributed by atoms with van der Waals surface area (Å²) in [6.45, 7) is 6.21. The van der Waals surface area contributed by atoms with Crippen molar-refractivity contribution in [2.45, 2.75) is 33.5 Å². The molecule has 0 bridgehead atoms. The van der Waals surface area contributed by atoms with Crippen molar-refractivity contribution in [1.82, 2.24) is 20.1 Å². The van der Waals surface area contributed by atoms with Gasteiger partial charge in [0.2, 0.25) is 0 Å². The maximum absolute atomic E-state index is 9.03. The van der Waals surface area contributed by atoms with E-state index < -0.39 is 0 Å². The molecule has 0 fully saturated rings. The van der Waals surface area contributed by atoms with Crippen molar-refractivity contribution in [2.75, 3.05) is 25.6 Å². The molecular weight excluding hydrogens is 286 g/mol. The zero-order chi connectivity index (χ0) is 15.4. The third kappa shape index (κ3) is 3.81. The highest BCUT2D eigenvalue weighted by molar-refractivity contribution is 7.13. The standard InChI is InChI=1S/C14H23N5OS/c1-10-13(11(2)19(17-10)5-6-20)8-15-7-12-9-21-14(16-12)18(3)4/h9,15,20H,5-8H2,1-4H3. The Bertz CT molecular complexity index is 590. The van der Waals surface area contributed by atoms with E-state index in [2.05, 4.69) is 20.8 Å². The van der Waals surface area contributed by atoms with Crippen LogP contribution in [-0.2, 0) is 19.6 Å². The smallest absolute Gasteiger partial charge is 0.185 e. The lowest BCUT2D eigenvalue weighted by atomic mass is 10.2. The van der Waals surface area contributed by atoms with E-state index in [9.17, 15) is 0 Å². The third-order valence-corrected chi connectivity index (χ3v) is 4.43. The Balaban J connectivity index is 1.93. The first-order valence-corrected chi connectivity index (χ1v) is 7.87. The molecule has 0 atom stereocenters. The molecule has 7 heteroatoms. The maximum atomic E-state index is 9.03. The number of rotatable bonds is 7. The molecule has 21 heavy (non-hydrogen) atoms. The number of nitrogens with zero attached hydrogens (tertiary/aromatic N) is 4. The molecule has 0 radical (unpaired) electrons. The van der Waals surface area contributed by atoms with Gasteiger partial charge >= 0.3 is 0 Å². The first-order chi connectivity index (χ1) is 10.0. The van der Waals surface area contributed by atoms with Crippen LogP contribution in [0, 0.1) is 13.8 Å². The molecule has 2 N–H and O–H groups in total. The van der Waals surface area contributed by atoms with Crippen LogP contribution in [0.15, 0.2) is 5.38 Å². The molecule has 0 spiro atoms. The minimum Gasteiger partial charge on any atom is -0.394 e. The van der Waals surface area contributed by atoms with Crippen LogP contribution >= 0.6 is 11.3 Å². The van der Waals surface area contributed by atoms with E-state index in [4.69, 9.17) is 5.11 Å². The fourth-order valence-corrected chi connectivity index (χ4v) is 2.96. The van der Waals surface area contributed by atoms with Crippen molar-refractivity contribution in [2.24, 2.45) is 0 Å². The van der Waals surface area contributed by atoms with Crippen molar-refractivity contribution in [3.63, 3.8) is 0 Å². The molecule has 0 aliphatic heterocycles. The van der Waals surface area contributed by atoms with E-state index in [1.54, 1.807) is 11.3 Å². The molecule has 0 amide bonds. The van der Waals surface area contributed by atoms with Crippen molar-refractivity contribution in [1.29, 1.82) is 0 Å². The number of aryl methyl sites for hydroxylation is 1. The van der Waals surface area contributed by atoms with Crippen molar-refractivity contribution >= 4 is 16.5 Å². The van der Waals surface area contributed by atoms with E-state index in [-0.39, 0.29) is 6.61 Å². The second-order valence-electron chi connectivity index (χ2n) is 5.22. The fraction of sp³-hybridized carbons (Fsp3) is 0.571. The van der Waals surface area contributed by atoms with Gasteiger partial charge in [-0.05, 0) is 13.8 Å². The summed E-state index contributed by atoms with van der Waals surface area (Å²) in [6, 6.07) is 0. The summed E-state index contributed by atoms with van der Waals surface area (Å²) in [7, 11) is 4.00. The van der Waals surface area contributed by atoms with Crippen LogP contribution in [0.4, 0.5) is 5.13 Å². The van der Waals surface area contributed by atoms with Gasteiger partial charge in [-0.2, -0.15) is 5.10 Å². The van der Waals surface area contributed by atoms with Crippen LogP contribution in [0.3, 0.4) is 0 Å². The molecule has 116 valence electrons. The first kappa shape index (κ1) is 15.9. The third-order valence-electron chi connectivity index (χ3n) is 3.37. The van der Waals surface area contributed by atoms with E-state index in [1.165, 1.54) is 5.56 Å². The molecule has 0 aliphatic rings. The van der Waals surface area contributed by atoms with Gasteiger partial charge in [-0.15, -0.1) is 11.3 Å². The second kappa shape index (κ2) is 7.02. The largest absolute Gasteiger partial charge is 0.394 e. The Morgan fingerprint density at radius 2 is 2.10 bits per heavy atom. The van der Waals surface area contributed by atoms with Crippen LogP contribution in [0.5, 0.6) is 0 Å². The summed E-state index contributed by atoms with van der Waals surface area (Å²) in [5.41, 5.74) is 4.38. The summed E-state index contributed by atoms with van der Waals surface area (Å²) >= 11 is 1.65. The van der Waals surface area contributed by atoms with E-state index >= 15 is 0 Å². The van der Waals surface area contributed by atoms with Gasteiger partial charge in [-0.3, -0.25) is 4.68 Å². The van der Waals surface area contributed by atoms with Crippen molar-refractivity contribution in [3.05, 3.63) is 28.0 Å². The number of thiazole rings is 1. The SMILES string of the molecule is Cc1nn(CCO)c(C)c1CNCc1csc(N(C)C)n1. The molecule has 0 aromatic carbocycles. The Morgan fingerprint density at radius 3 is 2.71 bits per heavy atom. The number of aromatic nitrogens is 3. The summed E-state index contributed by atoms with van der Waals surface area (Å²) < 4.78 is 1.86. The predicted octanol–water partition coefficient (Wildman–Crippen LogP) is 1.30. The highest BCUT2D eigenvalue weighted by atomic mass is 32.1. The number of aliphatic hydroxyl groups is 1. The van der Waals surface area contributed by atoms with Gasteiger partial charge in [0.05, 0.1) is 24.5 Å². The monoisotopic (exact) mass is 309 g/mol. The van der Waals surface area contributed by atoms with E-state index in [0.29, 0.717) is 6.54 Å². The first-order valence-electron chi connectivity index (χ1n) is 6.99. The molecular formula is C14H23N5OS. The van der Waals surface area contributed by atoms with Crippen LogP contribution in [0.1, 0.15) is 22.6 Å². The molecule has 2 aromatic heterocycles. The van der Waals surface area contributed by atoms with Gasteiger partial charge in [0, 0.05) is 43.8 Å². The van der Waals surface area contributed by atoms with Gasteiger partial charge in [0.15, 0.2) is 5.13 Å². The molecule has 0 aliphatic carbocycles. The minimum atomic E-state index is 0.112. The second-order valence-corrected chi connectivity index (χ2v) is 6.05. The van der Waals surface area contributed by atoms with E-state index in [0.717, 1.165) is 35.3 Å².